The summed E-state index contributed by atoms with van der Waals surface area (Å²) in [6.45, 7) is 1.84. The van der Waals surface area contributed by atoms with Crippen molar-refractivity contribution in [2.24, 2.45) is 0 Å². The zero-order chi connectivity index (χ0) is 16.1. The molecule has 1 aromatic carbocycles. The van der Waals surface area contributed by atoms with E-state index < -0.39 is 17.2 Å². The summed E-state index contributed by atoms with van der Waals surface area (Å²) < 4.78 is 0. The number of aromatic nitrogens is 4. The molecule has 1 aliphatic rings. The summed E-state index contributed by atoms with van der Waals surface area (Å²) in [4.78, 5) is 28.8. The van der Waals surface area contributed by atoms with E-state index in [1.165, 1.54) is 0 Å². The van der Waals surface area contributed by atoms with Gasteiger partial charge in [-0.05, 0) is 13.0 Å². The van der Waals surface area contributed by atoms with Gasteiger partial charge in [-0.3, -0.25) is 19.9 Å². The number of aromatic amines is 3. The molecule has 0 saturated carbocycles. The fraction of sp³-hybridized carbons (Fsp3) is 0.133. The summed E-state index contributed by atoms with van der Waals surface area (Å²) in [5, 5.41) is 20.3. The number of aromatic hydroxyl groups is 1. The first-order valence-electron chi connectivity index (χ1n) is 7.02. The number of hydrogen-bond acceptors (Lipinski definition) is 5. The van der Waals surface area contributed by atoms with Crippen LogP contribution in [0.25, 0.3) is 0 Å². The normalized spacial score (nSPS) is 15.6. The van der Waals surface area contributed by atoms with E-state index in [1.807, 2.05) is 6.92 Å². The highest BCUT2D eigenvalue weighted by Crippen LogP contribution is 2.44. The molecule has 0 amide bonds. The number of rotatable bonds is 1. The molecule has 0 fully saturated rings. The van der Waals surface area contributed by atoms with E-state index in [9.17, 15) is 14.7 Å². The Morgan fingerprint density at radius 3 is 2.70 bits per heavy atom. The third kappa shape index (κ3) is 1.88. The van der Waals surface area contributed by atoms with Gasteiger partial charge in [0, 0.05) is 16.8 Å². The summed E-state index contributed by atoms with van der Waals surface area (Å²) in [6.07, 6.45) is 0. The maximum atomic E-state index is 12.4. The van der Waals surface area contributed by atoms with Crippen LogP contribution in [0.1, 0.15) is 28.3 Å². The smallest absolute Gasteiger partial charge is 0.327 e. The van der Waals surface area contributed by atoms with E-state index in [1.54, 1.807) is 24.3 Å². The molecule has 4 rings (SSSR count). The Balaban J connectivity index is 2.09. The molecule has 1 atom stereocenters. The largest absolute Gasteiger partial charge is 0.508 e. The molecule has 116 valence electrons. The van der Waals surface area contributed by atoms with Crippen molar-refractivity contribution >= 4 is 11.6 Å². The van der Waals surface area contributed by atoms with Crippen molar-refractivity contribution in [3.05, 3.63) is 67.5 Å². The Morgan fingerprint density at radius 2 is 1.91 bits per heavy atom. The molecule has 0 bridgehead atoms. The highest BCUT2D eigenvalue weighted by Gasteiger charge is 2.35. The molecule has 2 aromatic heterocycles. The predicted octanol–water partition coefficient (Wildman–Crippen LogP) is 1.04. The number of nitrogens with zero attached hydrogens (tertiary/aromatic N) is 1. The summed E-state index contributed by atoms with van der Waals surface area (Å²) >= 11 is 0. The number of H-pyrrole nitrogens is 3. The minimum absolute atomic E-state index is 0.0718. The van der Waals surface area contributed by atoms with Crippen LogP contribution in [0.5, 0.6) is 5.75 Å². The topological polar surface area (TPSA) is 127 Å². The molecular weight excluding hydrogens is 298 g/mol. The molecule has 1 aliphatic heterocycles. The van der Waals surface area contributed by atoms with Gasteiger partial charge in [0.1, 0.15) is 11.6 Å². The van der Waals surface area contributed by atoms with Gasteiger partial charge in [-0.1, -0.05) is 18.2 Å². The average molecular weight is 311 g/mol. The van der Waals surface area contributed by atoms with Crippen molar-refractivity contribution in [1.29, 1.82) is 0 Å². The van der Waals surface area contributed by atoms with Gasteiger partial charge in [0.05, 0.1) is 11.5 Å². The Bertz CT molecular complexity index is 1030. The van der Waals surface area contributed by atoms with Crippen molar-refractivity contribution in [1.82, 2.24) is 20.2 Å². The summed E-state index contributed by atoms with van der Waals surface area (Å²) in [6, 6.07) is 6.80. The predicted molar refractivity (Wildman–Crippen MR) is 83.3 cm³/mol. The number of para-hydroxylation sites is 1. The Labute approximate surface area is 129 Å². The number of phenolic OH excluding ortho intramolecular Hbond substituents is 1. The van der Waals surface area contributed by atoms with Crippen LogP contribution in [0.3, 0.4) is 0 Å². The van der Waals surface area contributed by atoms with E-state index in [4.69, 9.17) is 0 Å². The van der Waals surface area contributed by atoms with Crippen molar-refractivity contribution in [3.8, 4) is 5.75 Å². The molecule has 23 heavy (non-hydrogen) atoms. The fourth-order valence-corrected chi connectivity index (χ4v) is 3.06. The van der Waals surface area contributed by atoms with Crippen molar-refractivity contribution in [2.45, 2.75) is 12.8 Å². The highest BCUT2D eigenvalue weighted by molar-refractivity contribution is 5.71. The summed E-state index contributed by atoms with van der Waals surface area (Å²) in [7, 11) is 0. The molecule has 3 aromatic rings. The van der Waals surface area contributed by atoms with Crippen LogP contribution in [0.2, 0.25) is 0 Å². The number of hydrogen-bond donors (Lipinski definition) is 5. The van der Waals surface area contributed by atoms with Gasteiger partial charge in [0.25, 0.3) is 5.56 Å². The number of anilines is 2. The molecule has 0 saturated heterocycles. The van der Waals surface area contributed by atoms with Crippen LogP contribution in [-0.2, 0) is 0 Å². The molecule has 8 nitrogen and oxygen atoms in total. The zero-order valence-electron chi connectivity index (χ0n) is 12.1. The van der Waals surface area contributed by atoms with E-state index in [0.29, 0.717) is 16.9 Å². The minimum atomic E-state index is -0.604. The van der Waals surface area contributed by atoms with E-state index in [2.05, 4.69) is 25.5 Å². The second-order valence-corrected chi connectivity index (χ2v) is 5.42. The lowest BCUT2D eigenvalue weighted by Crippen LogP contribution is -2.31. The third-order valence-corrected chi connectivity index (χ3v) is 4.04. The molecular formula is C15H13N5O3. The number of nitrogens with one attached hydrogen (secondary N) is 4. The van der Waals surface area contributed by atoms with Gasteiger partial charge in [-0.2, -0.15) is 5.10 Å². The van der Waals surface area contributed by atoms with Gasteiger partial charge >= 0.3 is 5.69 Å². The maximum absolute atomic E-state index is 12.4. The van der Waals surface area contributed by atoms with Gasteiger partial charge in [-0.25, -0.2) is 4.79 Å². The Kier molecular flexibility index (Phi) is 2.68. The van der Waals surface area contributed by atoms with Crippen LogP contribution >= 0.6 is 0 Å². The highest BCUT2D eigenvalue weighted by atomic mass is 16.3. The first kappa shape index (κ1) is 13.4. The van der Waals surface area contributed by atoms with Crippen molar-refractivity contribution in [3.63, 3.8) is 0 Å². The van der Waals surface area contributed by atoms with Crippen molar-refractivity contribution in [2.75, 3.05) is 5.32 Å². The van der Waals surface area contributed by atoms with Gasteiger partial charge in [-0.15, -0.1) is 0 Å². The summed E-state index contributed by atoms with van der Waals surface area (Å²) in [5.41, 5.74) is 1.33. The lowest BCUT2D eigenvalue weighted by atomic mass is 9.83. The number of benzene rings is 1. The first-order chi connectivity index (χ1) is 11.1. The molecule has 5 N–H and O–H groups in total. The van der Waals surface area contributed by atoms with Gasteiger partial charge in [0.15, 0.2) is 5.82 Å². The number of fused-ring (bicyclic) bond motifs is 2. The third-order valence-electron chi connectivity index (χ3n) is 4.04. The maximum Gasteiger partial charge on any atom is 0.327 e. The van der Waals surface area contributed by atoms with Crippen LogP contribution in [0.4, 0.5) is 11.6 Å². The van der Waals surface area contributed by atoms with Crippen LogP contribution in [0.15, 0.2) is 33.9 Å². The second kappa shape index (κ2) is 4.60. The van der Waals surface area contributed by atoms with Crippen LogP contribution < -0.4 is 16.6 Å². The Hall–Kier alpha value is -3.29. The molecule has 8 heteroatoms. The molecule has 3 heterocycles. The molecule has 1 unspecified atom stereocenters. The molecule has 0 aliphatic carbocycles. The number of phenols is 1. The quantitative estimate of drug-likeness (QED) is 0.359. The van der Waals surface area contributed by atoms with Gasteiger partial charge in [0.2, 0.25) is 0 Å². The first-order valence-corrected chi connectivity index (χ1v) is 7.02. The average Bonchev–Trinajstić information content (AvgIpc) is 2.87. The monoisotopic (exact) mass is 311 g/mol. The SMILES string of the molecule is Cc1[nH]nc2c1C(c1ccccc1O)c1c([nH]c(=O)[nH]c1=O)N2. The van der Waals surface area contributed by atoms with Gasteiger partial charge < -0.3 is 10.4 Å². The van der Waals surface area contributed by atoms with E-state index in [0.717, 1.165) is 11.3 Å². The standard InChI is InChI=1S/C15H13N5O3/c1-6-9-10(7-4-2-3-5-8(7)21)11-12(16-13(9)20-19-6)17-15(23)18-14(11)22/h2-5,10,21H,1H3,(H4,16,17,18,19,20,22,23). The lowest BCUT2D eigenvalue weighted by Gasteiger charge is -2.26. The Morgan fingerprint density at radius 1 is 1.13 bits per heavy atom. The van der Waals surface area contributed by atoms with E-state index in [-0.39, 0.29) is 11.6 Å². The van der Waals surface area contributed by atoms with Crippen LogP contribution in [-0.4, -0.2) is 25.3 Å². The second-order valence-electron chi connectivity index (χ2n) is 5.42. The molecule has 0 radical (unpaired) electrons. The molecule has 0 spiro atoms. The van der Waals surface area contributed by atoms with Crippen molar-refractivity contribution < 1.29 is 5.11 Å². The lowest BCUT2D eigenvalue weighted by molar-refractivity contribution is 0.467. The van der Waals surface area contributed by atoms with E-state index >= 15 is 0 Å². The zero-order valence-corrected chi connectivity index (χ0v) is 12.1. The minimum Gasteiger partial charge on any atom is -0.508 e. The fourth-order valence-electron chi connectivity index (χ4n) is 3.06. The van der Waals surface area contributed by atoms with Crippen LogP contribution in [0, 0.1) is 6.92 Å². The summed E-state index contributed by atoms with van der Waals surface area (Å²) in [5.74, 6) is 0.333. The number of aryl methyl sites for hydroxylation is 1.